The summed E-state index contributed by atoms with van der Waals surface area (Å²) in [6.07, 6.45) is 3.75. The van der Waals surface area contributed by atoms with E-state index in [9.17, 15) is 17.2 Å². The van der Waals surface area contributed by atoms with E-state index in [2.05, 4.69) is 4.72 Å². The summed E-state index contributed by atoms with van der Waals surface area (Å²) >= 11 is 0. The van der Waals surface area contributed by atoms with Gasteiger partial charge in [-0.15, -0.1) is 0 Å². The lowest BCUT2D eigenvalue weighted by Crippen LogP contribution is -2.40. The lowest BCUT2D eigenvalue weighted by Gasteiger charge is -2.27. The van der Waals surface area contributed by atoms with Crippen molar-refractivity contribution in [3.8, 4) is 0 Å². The second-order valence-electron chi connectivity index (χ2n) is 5.31. The Morgan fingerprint density at radius 3 is 2.45 bits per heavy atom. The zero-order chi connectivity index (χ0) is 14.8. The molecular weight excluding hydrogens is 286 g/mol. The first-order valence-electron chi connectivity index (χ1n) is 6.53. The number of nitrogens with one attached hydrogen (secondary N) is 1. The van der Waals surface area contributed by atoms with Crippen molar-refractivity contribution in [1.82, 2.24) is 4.72 Å². The Morgan fingerprint density at radius 1 is 1.25 bits per heavy atom. The summed E-state index contributed by atoms with van der Waals surface area (Å²) in [5, 5.41) is 0. The molecule has 0 aromatic heterocycles. The minimum absolute atomic E-state index is 0.183. The Hall–Kier alpha value is -1.05. The van der Waals surface area contributed by atoms with Crippen molar-refractivity contribution in [2.75, 3.05) is 13.1 Å². The van der Waals surface area contributed by atoms with Crippen molar-refractivity contribution in [3.05, 3.63) is 29.8 Å². The molecule has 2 rings (SSSR count). The summed E-state index contributed by atoms with van der Waals surface area (Å²) in [4.78, 5) is -0.538. The number of nitrogens with two attached hydrogens (primary N) is 1. The van der Waals surface area contributed by atoms with E-state index in [0.29, 0.717) is 12.6 Å². The summed E-state index contributed by atoms with van der Waals surface area (Å²) < 4.78 is 52.9. The SMILES string of the molecule is NCC1(CNS(=O)(=O)c2ccc(F)cc2F)CCCC1. The van der Waals surface area contributed by atoms with Crippen LogP contribution >= 0.6 is 0 Å². The zero-order valence-corrected chi connectivity index (χ0v) is 11.8. The highest BCUT2D eigenvalue weighted by molar-refractivity contribution is 7.89. The molecular formula is C13H18F2N2O2S. The monoisotopic (exact) mass is 304 g/mol. The fourth-order valence-electron chi connectivity index (χ4n) is 2.60. The lowest BCUT2D eigenvalue weighted by molar-refractivity contribution is 0.309. The van der Waals surface area contributed by atoms with E-state index in [1.54, 1.807) is 0 Å². The van der Waals surface area contributed by atoms with Gasteiger partial charge in [0, 0.05) is 12.6 Å². The first kappa shape index (κ1) is 15.3. The van der Waals surface area contributed by atoms with Gasteiger partial charge in [-0.25, -0.2) is 21.9 Å². The van der Waals surface area contributed by atoms with Gasteiger partial charge in [0.2, 0.25) is 10.0 Å². The van der Waals surface area contributed by atoms with E-state index in [1.165, 1.54) is 0 Å². The van der Waals surface area contributed by atoms with Gasteiger partial charge in [-0.3, -0.25) is 0 Å². The van der Waals surface area contributed by atoms with E-state index in [4.69, 9.17) is 5.73 Å². The largest absolute Gasteiger partial charge is 0.330 e. The van der Waals surface area contributed by atoms with Crippen molar-refractivity contribution < 1.29 is 17.2 Å². The maximum atomic E-state index is 13.5. The Bertz CT molecular complexity index is 584. The van der Waals surface area contributed by atoms with Crippen LogP contribution in [0, 0.1) is 17.0 Å². The molecule has 0 amide bonds. The lowest BCUT2D eigenvalue weighted by atomic mass is 9.87. The molecule has 1 saturated carbocycles. The highest BCUT2D eigenvalue weighted by Crippen LogP contribution is 2.36. The predicted octanol–water partition coefficient (Wildman–Crippen LogP) is 1.76. The molecule has 0 radical (unpaired) electrons. The molecule has 1 aromatic rings. The van der Waals surface area contributed by atoms with Crippen molar-refractivity contribution >= 4 is 10.0 Å². The van der Waals surface area contributed by atoms with Gasteiger partial charge < -0.3 is 5.73 Å². The van der Waals surface area contributed by atoms with E-state index >= 15 is 0 Å². The minimum Gasteiger partial charge on any atom is -0.330 e. The molecule has 3 N–H and O–H groups in total. The molecule has 0 saturated heterocycles. The third-order valence-electron chi connectivity index (χ3n) is 3.92. The number of benzene rings is 1. The maximum absolute atomic E-state index is 13.5. The average Bonchev–Trinajstić information content (AvgIpc) is 2.85. The summed E-state index contributed by atoms with van der Waals surface area (Å²) in [5.74, 6) is -1.90. The average molecular weight is 304 g/mol. The van der Waals surface area contributed by atoms with Crippen molar-refractivity contribution in [1.29, 1.82) is 0 Å². The third-order valence-corrected chi connectivity index (χ3v) is 5.35. The Kier molecular flexibility index (Phi) is 4.41. The van der Waals surface area contributed by atoms with Crippen LogP contribution in [0.3, 0.4) is 0 Å². The fourth-order valence-corrected chi connectivity index (χ4v) is 3.81. The number of hydrogen-bond acceptors (Lipinski definition) is 3. The van der Waals surface area contributed by atoms with Gasteiger partial charge in [0.15, 0.2) is 0 Å². The van der Waals surface area contributed by atoms with E-state index in [0.717, 1.165) is 37.8 Å². The summed E-state index contributed by atoms with van der Waals surface area (Å²) in [7, 11) is -3.99. The van der Waals surface area contributed by atoms with Gasteiger partial charge in [0.05, 0.1) is 0 Å². The third kappa shape index (κ3) is 3.16. The predicted molar refractivity (Wildman–Crippen MR) is 71.5 cm³/mol. The molecule has 1 aromatic carbocycles. The molecule has 20 heavy (non-hydrogen) atoms. The van der Waals surface area contributed by atoms with Gasteiger partial charge in [-0.05, 0) is 36.9 Å². The van der Waals surface area contributed by atoms with Crippen LogP contribution in [0.2, 0.25) is 0 Å². The van der Waals surface area contributed by atoms with Crippen LogP contribution < -0.4 is 10.5 Å². The molecule has 0 bridgehead atoms. The molecule has 7 heteroatoms. The Morgan fingerprint density at radius 2 is 1.90 bits per heavy atom. The molecule has 0 unspecified atom stereocenters. The summed E-state index contributed by atoms with van der Waals surface area (Å²) in [5.41, 5.74) is 5.48. The second-order valence-corrected chi connectivity index (χ2v) is 7.05. The van der Waals surface area contributed by atoms with Crippen LogP contribution in [0.15, 0.2) is 23.1 Å². The molecule has 0 heterocycles. The molecule has 1 aliphatic carbocycles. The minimum atomic E-state index is -3.99. The van der Waals surface area contributed by atoms with Crippen LogP contribution in [0.4, 0.5) is 8.78 Å². The van der Waals surface area contributed by atoms with Crippen molar-refractivity contribution in [3.63, 3.8) is 0 Å². The molecule has 0 spiro atoms. The smallest absolute Gasteiger partial charge is 0.243 e. The van der Waals surface area contributed by atoms with Crippen LogP contribution in [0.1, 0.15) is 25.7 Å². The second kappa shape index (κ2) is 5.75. The standard InChI is InChI=1S/C13H18F2N2O2S/c14-10-3-4-12(11(15)7-10)20(18,19)17-9-13(8-16)5-1-2-6-13/h3-4,7,17H,1-2,5-6,8-9,16H2. The van der Waals surface area contributed by atoms with Crippen LogP contribution in [0.25, 0.3) is 0 Å². The summed E-state index contributed by atoms with van der Waals surface area (Å²) in [6, 6.07) is 2.41. The summed E-state index contributed by atoms with van der Waals surface area (Å²) in [6.45, 7) is 0.573. The topological polar surface area (TPSA) is 72.2 Å². The van der Waals surface area contributed by atoms with Gasteiger partial charge >= 0.3 is 0 Å². The fraction of sp³-hybridized carbons (Fsp3) is 0.538. The zero-order valence-electron chi connectivity index (χ0n) is 11.0. The van der Waals surface area contributed by atoms with Crippen LogP contribution in [-0.4, -0.2) is 21.5 Å². The molecule has 1 aliphatic rings. The first-order chi connectivity index (χ1) is 9.38. The highest BCUT2D eigenvalue weighted by Gasteiger charge is 2.34. The Balaban J connectivity index is 2.15. The molecule has 112 valence electrons. The number of hydrogen-bond donors (Lipinski definition) is 2. The van der Waals surface area contributed by atoms with Gasteiger partial charge in [0.25, 0.3) is 0 Å². The van der Waals surface area contributed by atoms with E-state index < -0.39 is 26.6 Å². The van der Waals surface area contributed by atoms with Crippen LogP contribution in [-0.2, 0) is 10.0 Å². The van der Waals surface area contributed by atoms with Gasteiger partial charge in [-0.1, -0.05) is 12.8 Å². The number of halogens is 2. The van der Waals surface area contributed by atoms with E-state index in [1.807, 2.05) is 0 Å². The molecule has 0 aliphatic heterocycles. The first-order valence-corrected chi connectivity index (χ1v) is 8.02. The van der Waals surface area contributed by atoms with E-state index in [-0.39, 0.29) is 12.0 Å². The van der Waals surface area contributed by atoms with Gasteiger partial charge in [0.1, 0.15) is 16.5 Å². The normalized spacial score (nSPS) is 18.4. The van der Waals surface area contributed by atoms with Crippen molar-refractivity contribution in [2.45, 2.75) is 30.6 Å². The maximum Gasteiger partial charge on any atom is 0.243 e. The quantitative estimate of drug-likeness (QED) is 0.870. The number of sulfonamides is 1. The van der Waals surface area contributed by atoms with Crippen LogP contribution in [0.5, 0.6) is 0 Å². The number of rotatable bonds is 5. The molecule has 0 atom stereocenters. The highest BCUT2D eigenvalue weighted by atomic mass is 32.2. The van der Waals surface area contributed by atoms with Crippen molar-refractivity contribution in [2.24, 2.45) is 11.1 Å². The van der Waals surface area contributed by atoms with Gasteiger partial charge in [-0.2, -0.15) is 0 Å². The Labute approximate surface area is 117 Å². The molecule has 1 fully saturated rings. The molecule has 4 nitrogen and oxygen atoms in total.